The lowest BCUT2D eigenvalue weighted by molar-refractivity contribution is -0.138. The second kappa shape index (κ2) is 6.85. The van der Waals surface area contributed by atoms with Gasteiger partial charge in [-0.05, 0) is 38.0 Å². The molecular formula is C18H21F3N6O. The van der Waals surface area contributed by atoms with Crippen molar-refractivity contribution >= 4 is 5.91 Å². The van der Waals surface area contributed by atoms with E-state index in [4.69, 9.17) is 0 Å². The Bertz CT molecular complexity index is 903. The number of carbonyl (C=O) groups is 1. The van der Waals surface area contributed by atoms with Gasteiger partial charge in [0.25, 0.3) is 5.91 Å². The summed E-state index contributed by atoms with van der Waals surface area (Å²) in [5, 5.41) is 8.43. The predicted molar refractivity (Wildman–Crippen MR) is 94.0 cm³/mol. The molecule has 1 fully saturated rings. The normalized spacial score (nSPS) is 22.4. The van der Waals surface area contributed by atoms with Gasteiger partial charge in [0.05, 0.1) is 17.8 Å². The van der Waals surface area contributed by atoms with Crippen LogP contribution in [0.2, 0.25) is 0 Å². The second-order valence-corrected chi connectivity index (χ2v) is 7.27. The van der Waals surface area contributed by atoms with E-state index >= 15 is 0 Å². The zero-order valence-corrected chi connectivity index (χ0v) is 15.5. The van der Waals surface area contributed by atoms with Crippen LogP contribution in [0.3, 0.4) is 0 Å². The van der Waals surface area contributed by atoms with Crippen LogP contribution in [-0.4, -0.2) is 38.4 Å². The summed E-state index contributed by atoms with van der Waals surface area (Å²) in [5.74, 6) is -0.419. The molecule has 150 valence electrons. The number of fused-ring (bicyclic) bond motifs is 1. The monoisotopic (exact) mass is 394 g/mol. The van der Waals surface area contributed by atoms with Gasteiger partial charge >= 0.3 is 6.18 Å². The molecule has 7 nitrogen and oxygen atoms in total. The molecule has 1 amide bonds. The van der Waals surface area contributed by atoms with Crippen LogP contribution in [0.25, 0.3) is 0 Å². The summed E-state index contributed by atoms with van der Waals surface area (Å²) in [4.78, 5) is 14.6. The fourth-order valence-electron chi connectivity index (χ4n) is 3.89. The zero-order chi connectivity index (χ0) is 20.1. The van der Waals surface area contributed by atoms with Gasteiger partial charge in [-0.1, -0.05) is 11.3 Å². The highest BCUT2D eigenvalue weighted by molar-refractivity contribution is 5.96. The van der Waals surface area contributed by atoms with Gasteiger partial charge in [0.2, 0.25) is 0 Å². The Morgan fingerprint density at radius 2 is 2.11 bits per heavy atom. The van der Waals surface area contributed by atoms with Crippen molar-refractivity contribution in [3.05, 3.63) is 46.3 Å². The predicted octanol–water partition coefficient (Wildman–Crippen LogP) is 2.19. The Morgan fingerprint density at radius 1 is 1.32 bits per heavy atom. The number of rotatable bonds is 2. The third kappa shape index (κ3) is 3.16. The van der Waals surface area contributed by atoms with Crippen LogP contribution in [0.5, 0.6) is 0 Å². The van der Waals surface area contributed by atoms with Crippen molar-refractivity contribution in [2.75, 3.05) is 6.54 Å². The third-order valence-electron chi connectivity index (χ3n) is 5.45. The van der Waals surface area contributed by atoms with Crippen molar-refractivity contribution in [1.82, 2.24) is 30.7 Å². The first-order valence-corrected chi connectivity index (χ1v) is 9.16. The molecule has 2 aromatic rings. The van der Waals surface area contributed by atoms with Crippen LogP contribution < -0.4 is 10.9 Å². The Morgan fingerprint density at radius 3 is 2.79 bits per heavy atom. The Kier molecular flexibility index (Phi) is 4.62. The Labute approximate surface area is 159 Å². The number of halogens is 3. The molecular weight excluding hydrogens is 373 g/mol. The smallest absolute Gasteiger partial charge is 0.329 e. The minimum absolute atomic E-state index is 0.0106. The molecule has 0 saturated carbocycles. The summed E-state index contributed by atoms with van der Waals surface area (Å²) in [6, 6.07) is 3.54. The molecule has 1 saturated heterocycles. The van der Waals surface area contributed by atoms with Crippen LogP contribution in [0.4, 0.5) is 13.2 Å². The van der Waals surface area contributed by atoms with Gasteiger partial charge in [-0.3, -0.25) is 10.2 Å². The first-order chi connectivity index (χ1) is 13.3. The van der Waals surface area contributed by atoms with E-state index in [-0.39, 0.29) is 29.9 Å². The van der Waals surface area contributed by atoms with E-state index in [2.05, 4.69) is 21.2 Å². The second-order valence-electron chi connectivity index (χ2n) is 7.27. The number of hydrogen-bond donors (Lipinski definition) is 2. The number of alkyl halides is 3. The lowest BCUT2D eigenvalue weighted by Gasteiger charge is -2.34. The van der Waals surface area contributed by atoms with Gasteiger partial charge in [0.15, 0.2) is 0 Å². The van der Waals surface area contributed by atoms with Crippen molar-refractivity contribution in [3.63, 3.8) is 0 Å². The molecule has 1 aromatic heterocycles. The summed E-state index contributed by atoms with van der Waals surface area (Å²) in [6.07, 6.45) is -3.07. The van der Waals surface area contributed by atoms with Crippen molar-refractivity contribution in [3.8, 4) is 0 Å². The molecule has 10 heteroatoms. The highest BCUT2D eigenvalue weighted by Gasteiger charge is 2.37. The first kappa shape index (κ1) is 18.9. The topological polar surface area (TPSA) is 75.1 Å². The van der Waals surface area contributed by atoms with E-state index in [1.54, 1.807) is 4.90 Å². The quantitative estimate of drug-likeness (QED) is 0.817. The largest absolute Gasteiger partial charge is 0.416 e. The van der Waals surface area contributed by atoms with E-state index in [1.807, 2.05) is 11.6 Å². The maximum Gasteiger partial charge on any atom is 0.416 e. The number of nitrogens with zero attached hydrogens (tertiary/aromatic N) is 4. The van der Waals surface area contributed by atoms with Gasteiger partial charge in [0.1, 0.15) is 11.9 Å². The van der Waals surface area contributed by atoms with Crippen LogP contribution in [0.1, 0.15) is 52.4 Å². The number of nitrogens with one attached hydrogen (secondary N) is 2. The van der Waals surface area contributed by atoms with Gasteiger partial charge in [0, 0.05) is 24.6 Å². The number of hydrazine groups is 1. The number of carbonyl (C=O) groups excluding carboxylic acids is 1. The summed E-state index contributed by atoms with van der Waals surface area (Å²) < 4.78 is 41.4. The van der Waals surface area contributed by atoms with E-state index in [0.717, 1.165) is 24.7 Å². The number of hydrogen-bond acceptors (Lipinski definition) is 5. The van der Waals surface area contributed by atoms with Crippen LogP contribution >= 0.6 is 0 Å². The standard InChI is InChI=1S/C18H21F3N6O/c1-10-8-15-14(23-25-27(15)16-6-7-22-24-16)9-26(10)17(28)12-4-3-5-13(11(12)2)18(19,20)21/h3-5,10,16,22,24H,6-9H2,1-2H3. The molecule has 0 aliphatic carbocycles. The van der Waals surface area contributed by atoms with E-state index < -0.39 is 17.6 Å². The SMILES string of the molecule is Cc1c(C(=O)N2Cc3nnn(C4CCNN4)c3CC2C)cccc1C(F)(F)F. The Balaban J connectivity index is 1.62. The molecule has 0 radical (unpaired) electrons. The maximum atomic E-state index is 13.2. The number of benzene rings is 1. The highest BCUT2D eigenvalue weighted by atomic mass is 19.4. The molecule has 2 aliphatic rings. The average molecular weight is 394 g/mol. The minimum Gasteiger partial charge on any atom is -0.329 e. The molecule has 3 heterocycles. The van der Waals surface area contributed by atoms with Gasteiger partial charge in [-0.15, -0.1) is 5.10 Å². The van der Waals surface area contributed by atoms with Gasteiger partial charge in [-0.2, -0.15) is 13.2 Å². The summed E-state index contributed by atoms with van der Waals surface area (Å²) in [6.45, 7) is 4.28. The highest BCUT2D eigenvalue weighted by Crippen LogP contribution is 2.34. The van der Waals surface area contributed by atoms with Crippen LogP contribution in [0, 0.1) is 6.92 Å². The molecule has 2 aliphatic heterocycles. The fourth-order valence-corrected chi connectivity index (χ4v) is 3.89. The van der Waals surface area contributed by atoms with Gasteiger partial charge in [-0.25, -0.2) is 10.1 Å². The molecule has 1 aromatic carbocycles. The third-order valence-corrected chi connectivity index (χ3v) is 5.45. The van der Waals surface area contributed by atoms with Crippen molar-refractivity contribution in [2.24, 2.45) is 0 Å². The molecule has 28 heavy (non-hydrogen) atoms. The molecule has 2 N–H and O–H groups in total. The lowest BCUT2D eigenvalue weighted by Crippen LogP contribution is -2.44. The molecule has 2 atom stereocenters. The van der Waals surface area contributed by atoms with E-state index in [1.165, 1.54) is 19.1 Å². The van der Waals surface area contributed by atoms with E-state index in [0.29, 0.717) is 12.1 Å². The molecule has 2 unspecified atom stereocenters. The first-order valence-electron chi connectivity index (χ1n) is 9.16. The average Bonchev–Trinajstić information content (AvgIpc) is 3.28. The zero-order valence-electron chi connectivity index (χ0n) is 15.5. The number of aromatic nitrogens is 3. The van der Waals surface area contributed by atoms with Crippen LogP contribution in [-0.2, 0) is 19.1 Å². The van der Waals surface area contributed by atoms with Crippen molar-refractivity contribution in [1.29, 1.82) is 0 Å². The molecule has 0 spiro atoms. The molecule has 4 rings (SSSR count). The Hall–Kier alpha value is -2.46. The fraction of sp³-hybridized carbons (Fsp3) is 0.500. The minimum atomic E-state index is -4.49. The van der Waals surface area contributed by atoms with Gasteiger partial charge < -0.3 is 4.90 Å². The van der Waals surface area contributed by atoms with Crippen molar-refractivity contribution < 1.29 is 18.0 Å². The number of amides is 1. The van der Waals surface area contributed by atoms with Crippen LogP contribution in [0.15, 0.2) is 18.2 Å². The molecule has 0 bridgehead atoms. The lowest BCUT2D eigenvalue weighted by atomic mass is 9.98. The summed E-state index contributed by atoms with van der Waals surface area (Å²) in [7, 11) is 0. The summed E-state index contributed by atoms with van der Waals surface area (Å²) >= 11 is 0. The van der Waals surface area contributed by atoms with Crippen molar-refractivity contribution in [2.45, 2.75) is 51.6 Å². The van der Waals surface area contributed by atoms with E-state index in [9.17, 15) is 18.0 Å². The summed E-state index contributed by atoms with van der Waals surface area (Å²) in [5.41, 5.74) is 7.07. The maximum absolute atomic E-state index is 13.2.